The molecule has 7 nitrogen and oxygen atoms in total. The Hall–Kier alpha value is -4.08. The molecule has 4 rings (SSSR count). The van der Waals surface area contributed by atoms with Crippen molar-refractivity contribution >= 4 is 28.8 Å². The van der Waals surface area contributed by atoms with E-state index in [1.165, 1.54) is 16.9 Å². The number of aromatic nitrogens is 2. The van der Waals surface area contributed by atoms with Gasteiger partial charge in [0.15, 0.2) is 0 Å². The molecule has 0 aliphatic heterocycles. The molecule has 0 atom stereocenters. The topological polar surface area (TPSA) is 89.2 Å². The zero-order chi connectivity index (χ0) is 23.6. The van der Waals surface area contributed by atoms with Gasteiger partial charge in [-0.25, -0.2) is 4.98 Å². The molecule has 33 heavy (non-hydrogen) atoms. The highest BCUT2D eigenvalue weighted by molar-refractivity contribution is 5.99. The van der Waals surface area contributed by atoms with Gasteiger partial charge in [-0.2, -0.15) is 13.2 Å². The number of carbonyl (C=O) groups excluding carboxylic acids is 2. The number of alkyl halides is 3. The van der Waals surface area contributed by atoms with Crippen molar-refractivity contribution in [2.45, 2.75) is 19.6 Å². The fourth-order valence-electron chi connectivity index (χ4n) is 3.26. The number of nitrogens with zero attached hydrogens (tertiary/aromatic N) is 2. The van der Waals surface area contributed by atoms with Crippen molar-refractivity contribution in [2.75, 3.05) is 11.9 Å². The molecule has 4 aromatic rings. The van der Waals surface area contributed by atoms with Crippen LogP contribution in [0.25, 0.3) is 11.0 Å². The summed E-state index contributed by atoms with van der Waals surface area (Å²) < 4.78 is 46.2. The highest BCUT2D eigenvalue weighted by Gasteiger charge is 2.31. The van der Waals surface area contributed by atoms with Crippen LogP contribution in [0.4, 0.5) is 19.1 Å². The molecule has 0 bridgehead atoms. The minimum atomic E-state index is -4.53. The van der Waals surface area contributed by atoms with Gasteiger partial charge in [0.2, 0.25) is 11.9 Å². The molecule has 10 heteroatoms. The summed E-state index contributed by atoms with van der Waals surface area (Å²) in [6.07, 6.45) is -3.06. The third-order valence-electron chi connectivity index (χ3n) is 4.94. The molecule has 0 fully saturated rings. The summed E-state index contributed by atoms with van der Waals surface area (Å²) in [4.78, 5) is 28.9. The van der Waals surface area contributed by atoms with E-state index in [9.17, 15) is 22.8 Å². The van der Waals surface area contributed by atoms with Crippen molar-refractivity contribution in [1.29, 1.82) is 0 Å². The normalized spacial score (nSPS) is 11.5. The second-order valence-electron chi connectivity index (χ2n) is 7.40. The number of aryl methyl sites for hydroxylation is 1. The lowest BCUT2D eigenvalue weighted by molar-refractivity contribution is -0.137. The second kappa shape index (κ2) is 8.81. The van der Waals surface area contributed by atoms with Crippen molar-refractivity contribution in [3.8, 4) is 0 Å². The van der Waals surface area contributed by atoms with E-state index in [4.69, 9.17) is 4.42 Å². The first-order valence-corrected chi connectivity index (χ1v) is 9.95. The van der Waals surface area contributed by atoms with Crippen LogP contribution in [0, 0.1) is 6.92 Å². The molecule has 2 aromatic carbocycles. The number of furan rings is 1. The van der Waals surface area contributed by atoms with Crippen LogP contribution in [0.1, 0.15) is 27.2 Å². The summed E-state index contributed by atoms with van der Waals surface area (Å²) in [6.45, 7) is 1.69. The number of fused-ring (bicyclic) bond motifs is 1. The van der Waals surface area contributed by atoms with Gasteiger partial charge in [-0.05, 0) is 49.4 Å². The number of anilines is 1. The lowest BCUT2D eigenvalue weighted by Crippen LogP contribution is -2.33. The number of imidazole rings is 1. The standard InChI is InChI=1S/C23H19F3N4O3/c1-14-4-6-15(7-5-14)21(32)27-12-20(31)29-22-28-18-11-16(23(24,25)26)8-9-19(18)30(22)13-17-3-2-10-33-17/h2-11H,12-13H2,1H3,(H,27,32)(H,28,29,31). The summed E-state index contributed by atoms with van der Waals surface area (Å²) in [5.41, 5.74) is 1.00. The Balaban J connectivity index is 1.55. The van der Waals surface area contributed by atoms with Gasteiger partial charge in [-0.15, -0.1) is 0 Å². The minimum absolute atomic E-state index is 0.0373. The molecule has 0 saturated carbocycles. The van der Waals surface area contributed by atoms with Crippen LogP contribution in [-0.2, 0) is 17.5 Å². The van der Waals surface area contributed by atoms with E-state index in [2.05, 4.69) is 15.6 Å². The molecule has 2 heterocycles. The number of amides is 2. The Morgan fingerprint density at radius 1 is 1.09 bits per heavy atom. The number of hydrogen-bond donors (Lipinski definition) is 2. The van der Waals surface area contributed by atoms with Gasteiger partial charge in [0, 0.05) is 5.56 Å². The summed E-state index contributed by atoms with van der Waals surface area (Å²) in [6, 6.07) is 13.4. The van der Waals surface area contributed by atoms with E-state index in [-0.39, 0.29) is 24.6 Å². The average Bonchev–Trinajstić information content (AvgIpc) is 3.40. The first-order valence-electron chi connectivity index (χ1n) is 9.95. The largest absolute Gasteiger partial charge is 0.467 e. The molecule has 0 unspecified atom stereocenters. The predicted molar refractivity (Wildman–Crippen MR) is 115 cm³/mol. The third-order valence-corrected chi connectivity index (χ3v) is 4.94. The lowest BCUT2D eigenvalue weighted by Gasteiger charge is -2.10. The third kappa shape index (κ3) is 5.05. The van der Waals surface area contributed by atoms with E-state index in [0.29, 0.717) is 16.8 Å². The first kappa shape index (κ1) is 22.1. The van der Waals surface area contributed by atoms with Crippen molar-refractivity contribution < 1.29 is 27.2 Å². The first-order chi connectivity index (χ1) is 15.7. The molecule has 0 radical (unpaired) electrons. The van der Waals surface area contributed by atoms with Crippen molar-refractivity contribution in [3.63, 3.8) is 0 Å². The molecule has 2 amide bonds. The SMILES string of the molecule is Cc1ccc(C(=O)NCC(=O)Nc2nc3cc(C(F)(F)F)ccc3n2Cc2ccco2)cc1. The highest BCUT2D eigenvalue weighted by Crippen LogP contribution is 2.32. The summed E-state index contributed by atoms with van der Waals surface area (Å²) in [7, 11) is 0. The number of rotatable bonds is 6. The fraction of sp³-hybridized carbons (Fsp3) is 0.174. The van der Waals surface area contributed by atoms with Crippen LogP contribution < -0.4 is 10.6 Å². The van der Waals surface area contributed by atoms with Gasteiger partial charge < -0.3 is 14.3 Å². The number of benzene rings is 2. The smallest absolute Gasteiger partial charge is 0.416 e. The van der Waals surface area contributed by atoms with Gasteiger partial charge in [0.25, 0.3) is 5.91 Å². The number of nitrogens with one attached hydrogen (secondary N) is 2. The van der Waals surface area contributed by atoms with Gasteiger partial charge in [0.05, 0.1) is 35.9 Å². The van der Waals surface area contributed by atoms with E-state index in [1.54, 1.807) is 36.4 Å². The Bertz CT molecular complexity index is 1290. The molecule has 2 N–H and O–H groups in total. The van der Waals surface area contributed by atoms with Crippen molar-refractivity contribution in [3.05, 3.63) is 83.3 Å². The maximum Gasteiger partial charge on any atom is 0.416 e. The van der Waals surface area contributed by atoms with Crippen LogP contribution in [0.2, 0.25) is 0 Å². The molecule has 0 aliphatic rings. The molecular formula is C23H19F3N4O3. The number of hydrogen-bond acceptors (Lipinski definition) is 4. The van der Waals surface area contributed by atoms with Crippen LogP contribution in [0.3, 0.4) is 0 Å². The number of carbonyl (C=O) groups is 2. The van der Waals surface area contributed by atoms with Gasteiger partial charge in [-0.1, -0.05) is 17.7 Å². The lowest BCUT2D eigenvalue weighted by atomic mass is 10.1. The van der Waals surface area contributed by atoms with Crippen molar-refractivity contribution in [2.24, 2.45) is 0 Å². The minimum Gasteiger partial charge on any atom is -0.467 e. The summed E-state index contributed by atoms with van der Waals surface area (Å²) in [5.74, 6) is -0.445. The summed E-state index contributed by atoms with van der Waals surface area (Å²) >= 11 is 0. The Morgan fingerprint density at radius 3 is 2.52 bits per heavy atom. The maximum absolute atomic E-state index is 13.1. The van der Waals surface area contributed by atoms with Gasteiger partial charge in [-0.3, -0.25) is 14.9 Å². The van der Waals surface area contributed by atoms with Crippen LogP contribution in [0.5, 0.6) is 0 Å². The van der Waals surface area contributed by atoms with E-state index >= 15 is 0 Å². The Kier molecular flexibility index (Phi) is 5.91. The van der Waals surface area contributed by atoms with Crippen LogP contribution in [-0.4, -0.2) is 27.9 Å². The van der Waals surface area contributed by atoms with Gasteiger partial charge in [0.1, 0.15) is 5.76 Å². The van der Waals surface area contributed by atoms with Crippen LogP contribution in [0.15, 0.2) is 65.3 Å². The van der Waals surface area contributed by atoms with E-state index in [1.807, 2.05) is 6.92 Å². The number of halogens is 3. The summed E-state index contributed by atoms with van der Waals surface area (Å²) in [5, 5.41) is 5.07. The predicted octanol–water partition coefficient (Wildman–Crippen LogP) is 4.37. The van der Waals surface area contributed by atoms with Gasteiger partial charge >= 0.3 is 6.18 Å². The molecular weight excluding hydrogens is 437 g/mol. The van der Waals surface area contributed by atoms with E-state index < -0.39 is 23.6 Å². The Labute approximate surface area is 186 Å². The van der Waals surface area contributed by atoms with Crippen molar-refractivity contribution in [1.82, 2.24) is 14.9 Å². The molecule has 0 spiro atoms. The molecule has 0 saturated heterocycles. The highest BCUT2D eigenvalue weighted by atomic mass is 19.4. The molecule has 2 aromatic heterocycles. The zero-order valence-electron chi connectivity index (χ0n) is 17.4. The molecule has 0 aliphatic carbocycles. The Morgan fingerprint density at radius 2 is 1.85 bits per heavy atom. The zero-order valence-corrected chi connectivity index (χ0v) is 17.4. The molecule has 170 valence electrons. The second-order valence-corrected chi connectivity index (χ2v) is 7.40. The fourth-order valence-corrected chi connectivity index (χ4v) is 3.26. The van der Waals surface area contributed by atoms with Crippen LogP contribution >= 0.6 is 0 Å². The monoisotopic (exact) mass is 456 g/mol. The average molecular weight is 456 g/mol. The quantitative estimate of drug-likeness (QED) is 0.451. The van der Waals surface area contributed by atoms with E-state index in [0.717, 1.165) is 17.7 Å². The maximum atomic E-state index is 13.1.